The van der Waals surface area contributed by atoms with Gasteiger partial charge in [-0.1, -0.05) is 12.8 Å². The Hall–Kier alpha value is -1.67. The van der Waals surface area contributed by atoms with Crippen molar-refractivity contribution >= 4 is 5.91 Å². The number of nitrogens with zero attached hydrogens (tertiary/aromatic N) is 2. The fourth-order valence-electron chi connectivity index (χ4n) is 4.81. The van der Waals surface area contributed by atoms with Gasteiger partial charge in [0, 0.05) is 45.2 Å². The third-order valence-corrected chi connectivity index (χ3v) is 6.68. The maximum atomic E-state index is 13.8. The van der Waals surface area contributed by atoms with Gasteiger partial charge < -0.3 is 15.0 Å². The van der Waals surface area contributed by atoms with E-state index < -0.39 is 17.2 Å². The second-order valence-corrected chi connectivity index (χ2v) is 9.18. The van der Waals surface area contributed by atoms with E-state index in [9.17, 15) is 18.0 Å². The standard InChI is InChI=1S/C22H30F3N3O2/c23-22(24,25)19-9-18(11-27-12-19)14-28(13-17-3-7-30-8-4-17)20(29)21(5-6-26-15-21)10-16-1-2-16/h9,11-12,16-17,26H,1-8,10,13-15H2. The molecule has 0 spiro atoms. The van der Waals surface area contributed by atoms with Crippen LogP contribution < -0.4 is 5.32 Å². The normalized spacial score (nSPS) is 25.4. The quantitative estimate of drug-likeness (QED) is 0.725. The molecule has 1 atom stereocenters. The number of aromatic nitrogens is 1. The molecule has 3 aliphatic rings. The number of pyridine rings is 1. The van der Waals surface area contributed by atoms with E-state index in [0.717, 1.165) is 44.5 Å². The van der Waals surface area contributed by atoms with Crippen LogP contribution >= 0.6 is 0 Å². The van der Waals surface area contributed by atoms with E-state index in [1.807, 2.05) is 4.90 Å². The molecule has 4 rings (SSSR count). The van der Waals surface area contributed by atoms with E-state index in [4.69, 9.17) is 4.74 Å². The van der Waals surface area contributed by atoms with E-state index in [-0.39, 0.29) is 12.5 Å². The van der Waals surface area contributed by atoms with E-state index in [1.54, 1.807) is 0 Å². The van der Waals surface area contributed by atoms with Crippen LogP contribution in [0.4, 0.5) is 13.2 Å². The number of halogens is 3. The molecule has 1 aromatic rings. The van der Waals surface area contributed by atoms with Gasteiger partial charge in [-0.2, -0.15) is 13.2 Å². The van der Waals surface area contributed by atoms with Gasteiger partial charge in [-0.25, -0.2) is 0 Å². The van der Waals surface area contributed by atoms with Crippen molar-refractivity contribution in [3.05, 3.63) is 29.6 Å². The van der Waals surface area contributed by atoms with Crippen molar-refractivity contribution in [2.75, 3.05) is 32.8 Å². The molecule has 0 aromatic carbocycles. The highest BCUT2D eigenvalue weighted by molar-refractivity contribution is 5.83. The first-order valence-corrected chi connectivity index (χ1v) is 10.9. The first kappa shape index (κ1) is 21.6. The van der Waals surface area contributed by atoms with Crippen molar-refractivity contribution in [2.45, 2.75) is 51.2 Å². The molecule has 5 nitrogen and oxygen atoms in total. The Bertz CT molecular complexity index is 739. The summed E-state index contributed by atoms with van der Waals surface area (Å²) in [6, 6.07) is 1.12. The Kier molecular flexibility index (Phi) is 6.34. The number of nitrogens with one attached hydrogen (secondary N) is 1. The molecule has 3 fully saturated rings. The Morgan fingerprint density at radius 3 is 2.60 bits per heavy atom. The lowest BCUT2D eigenvalue weighted by molar-refractivity contribution is -0.143. The summed E-state index contributed by atoms with van der Waals surface area (Å²) in [5.74, 6) is 1.01. The number of carbonyl (C=O) groups excluding carboxylic acids is 1. The number of rotatable bonds is 7. The Morgan fingerprint density at radius 1 is 1.20 bits per heavy atom. The molecule has 1 aromatic heterocycles. The first-order chi connectivity index (χ1) is 14.4. The van der Waals surface area contributed by atoms with Gasteiger partial charge in [-0.05, 0) is 55.7 Å². The van der Waals surface area contributed by atoms with Gasteiger partial charge in [0.05, 0.1) is 11.0 Å². The predicted molar refractivity (Wildman–Crippen MR) is 105 cm³/mol. The molecule has 166 valence electrons. The number of amides is 1. The molecule has 1 amide bonds. The number of carbonyl (C=O) groups is 1. The summed E-state index contributed by atoms with van der Waals surface area (Å²) in [6.07, 6.45) is 3.61. The highest BCUT2D eigenvalue weighted by Crippen LogP contribution is 2.44. The van der Waals surface area contributed by atoms with Crippen molar-refractivity contribution in [1.82, 2.24) is 15.2 Å². The van der Waals surface area contributed by atoms with Gasteiger partial charge in [0.15, 0.2) is 0 Å². The molecule has 0 bridgehead atoms. The third kappa shape index (κ3) is 5.14. The topological polar surface area (TPSA) is 54.5 Å². The SMILES string of the molecule is O=C(N(Cc1cncc(C(F)(F)F)c1)CC1CCOCC1)C1(CC2CC2)CCNC1. The molecule has 0 radical (unpaired) electrons. The predicted octanol–water partition coefficient (Wildman–Crippen LogP) is 3.64. The Labute approximate surface area is 175 Å². The van der Waals surface area contributed by atoms with Gasteiger partial charge >= 0.3 is 6.18 Å². The zero-order chi connectivity index (χ0) is 21.2. The van der Waals surface area contributed by atoms with Crippen molar-refractivity contribution < 1.29 is 22.7 Å². The smallest absolute Gasteiger partial charge is 0.381 e. The van der Waals surface area contributed by atoms with E-state index in [2.05, 4.69) is 10.3 Å². The molecule has 1 unspecified atom stereocenters. The van der Waals surface area contributed by atoms with E-state index >= 15 is 0 Å². The van der Waals surface area contributed by atoms with Crippen molar-refractivity contribution in [3.8, 4) is 0 Å². The van der Waals surface area contributed by atoms with Gasteiger partial charge in [0.25, 0.3) is 0 Å². The second-order valence-electron chi connectivity index (χ2n) is 9.18. The number of alkyl halides is 3. The third-order valence-electron chi connectivity index (χ3n) is 6.68. The minimum atomic E-state index is -4.44. The van der Waals surface area contributed by atoms with Crippen LogP contribution in [0.3, 0.4) is 0 Å². The number of ether oxygens (including phenoxy) is 1. The first-order valence-electron chi connectivity index (χ1n) is 10.9. The maximum absolute atomic E-state index is 13.8. The number of hydrogen-bond donors (Lipinski definition) is 1. The highest BCUT2D eigenvalue weighted by Gasteiger charge is 2.47. The van der Waals surface area contributed by atoms with Crippen LogP contribution in [-0.2, 0) is 22.3 Å². The largest absolute Gasteiger partial charge is 0.417 e. The monoisotopic (exact) mass is 425 g/mol. The molecule has 1 saturated carbocycles. The van der Waals surface area contributed by atoms with Gasteiger partial charge in [-0.15, -0.1) is 0 Å². The fraction of sp³-hybridized carbons (Fsp3) is 0.727. The summed E-state index contributed by atoms with van der Waals surface area (Å²) in [5, 5.41) is 3.35. The van der Waals surface area contributed by atoms with Gasteiger partial charge in [0.1, 0.15) is 0 Å². The van der Waals surface area contributed by atoms with Crippen molar-refractivity contribution in [3.63, 3.8) is 0 Å². The molecular formula is C22H30F3N3O2. The molecule has 1 N–H and O–H groups in total. The highest BCUT2D eigenvalue weighted by atomic mass is 19.4. The summed E-state index contributed by atoms with van der Waals surface area (Å²) in [6.45, 7) is 3.55. The zero-order valence-corrected chi connectivity index (χ0v) is 17.2. The van der Waals surface area contributed by atoms with Crippen molar-refractivity contribution in [2.24, 2.45) is 17.3 Å². The summed E-state index contributed by atoms with van der Waals surface area (Å²) in [5.41, 5.74) is -0.770. The second kappa shape index (κ2) is 8.83. The molecule has 1 aliphatic carbocycles. The average molecular weight is 425 g/mol. The molecule has 3 heterocycles. The number of hydrogen-bond acceptors (Lipinski definition) is 4. The Morgan fingerprint density at radius 2 is 1.97 bits per heavy atom. The van der Waals surface area contributed by atoms with E-state index in [1.165, 1.54) is 19.0 Å². The maximum Gasteiger partial charge on any atom is 0.417 e. The molecule has 2 saturated heterocycles. The van der Waals surface area contributed by atoms with Crippen LogP contribution in [0.15, 0.2) is 18.5 Å². The minimum absolute atomic E-state index is 0.0864. The van der Waals surface area contributed by atoms with Crippen LogP contribution in [-0.4, -0.2) is 48.6 Å². The van der Waals surface area contributed by atoms with Crippen molar-refractivity contribution in [1.29, 1.82) is 0 Å². The zero-order valence-electron chi connectivity index (χ0n) is 17.2. The fourth-order valence-corrected chi connectivity index (χ4v) is 4.81. The molecule has 2 aliphatic heterocycles. The van der Waals surface area contributed by atoms with Crippen LogP contribution in [0.1, 0.15) is 49.7 Å². The molecular weight excluding hydrogens is 395 g/mol. The lowest BCUT2D eigenvalue weighted by Crippen LogP contribution is -2.47. The minimum Gasteiger partial charge on any atom is -0.381 e. The van der Waals surface area contributed by atoms with Crippen LogP contribution in [0.2, 0.25) is 0 Å². The summed E-state index contributed by atoms with van der Waals surface area (Å²) >= 11 is 0. The van der Waals surface area contributed by atoms with Crippen LogP contribution in [0, 0.1) is 17.3 Å². The lowest BCUT2D eigenvalue weighted by atomic mass is 9.79. The molecule has 30 heavy (non-hydrogen) atoms. The summed E-state index contributed by atoms with van der Waals surface area (Å²) in [7, 11) is 0. The summed E-state index contributed by atoms with van der Waals surface area (Å²) < 4.78 is 44.9. The van der Waals surface area contributed by atoms with Gasteiger partial charge in [-0.3, -0.25) is 9.78 Å². The Balaban J connectivity index is 1.56. The molecule has 8 heteroatoms. The average Bonchev–Trinajstić information content (AvgIpc) is 3.41. The van der Waals surface area contributed by atoms with Gasteiger partial charge in [0.2, 0.25) is 5.91 Å². The van der Waals surface area contributed by atoms with E-state index in [0.29, 0.717) is 43.7 Å². The summed E-state index contributed by atoms with van der Waals surface area (Å²) in [4.78, 5) is 19.4. The van der Waals surface area contributed by atoms with Crippen LogP contribution in [0.25, 0.3) is 0 Å². The lowest BCUT2D eigenvalue weighted by Gasteiger charge is -2.37. The van der Waals surface area contributed by atoms with Crippen LogP contribution in [0.5, 0.6) is 0 Å².